The lowest BCUT2D eigenvalue weighted by Gasteiger charge is -2.27. The first kappa shape index (κ1) is 16.2. The molecular weight excluding hydrogens is 354 g/mol. The van der Waals surface area contributed by atoms with Gasteiger partial charge in [-0.05, 0) is 35.6 Å². The molecule has 0 radical (unpaired) electrons. The van der Waals surface area contributed by atoms with Gasteiger partial charge in [0.25, 0.3) is 0 Å². The summed E-state index contributed by atoms with van der Waals surface area (Å²) in [7, 11) is 1.46. The summed E-state index contributed by atoms with van der Waals surface area (Å²) < 4.78 is 6.14. The fourth-order valence-electron chi connectivity index (χ4n) is 3.35. The minimum atomic E-state index is -0.650. The Morgan fingerprint density at radius 1 is 1.22 bits per heavy atom. The van der Waals surface area contributed by atoms with E-state index in [9.17, 15) is 4.79 Å². The maximum atomic E-state index is 12.5. The highest BCUT2D eigenvalue weighted by molar-refractivity contribution is 9.10. The maximum Gasteiger partial charge on any atom is 0.326 e. The zero-order valence-electron chi connectivity index (χ0n) is 13.1. The molecular formula is C19H20BrNO2. The summed E-state index contributed by atoms with van der Waals surface area (Å²) in [4.78, 5) is 12.5. The zero-order valence-corrected chi connectivity index (χ0v) is 14.7. The normalized spacial score (nSPS) is 23.7. The van der Waals surface area contributed by atoms with Crippen LogP contribution >= 0.6 is 15.9 Å². The SMILES string of the molecule is COC(=O)C1(Cc2ccc(Br)cc2)C[C@@H](c2ccccc2)CN1. The number of hydrogen-bond donors (Lipinski definition) is 1. The van der Waals surface area contributed by atoms with Gasteiger partial charge in [-0.15, -0.1) is 0 Å². The maximum absolute atomic E-state index is 12.5. The molecule has 1 aliphatic heterocycles. The number of carbonyl (C=O) groups excluding carboxylic acids is 1. The standard InChI is InChI=1S/C19H20BrNO2/c1-23-18(22)19(11-14-7-9-17(20)10-8-14)12-16(13-21-19)15-5-3-2-4-6-15/h2-10,16,21H,11-13H2,1H3/t16-,19?/m1/s1. The molecule has 0 spiro atoms. The molecule has 1 heterocycles. The summed E-state index contributed by atoms with van der Waals surface area (Å²) in [6.45, 7) is 0.787. The summed E-state index contributed by atoms with van der Waals surface area (Å²) in [6, 6.07) is 18.5. The first-order valence-electron chi connectivity index (χ1n) is 7.76. The van der Waals surface area contributed by atoms with Gasteiger partial charge in [-0.25, -0.2) is 0 Å². The molecule has 1 fully saturated rings. The van der Waals surface area contributed by atoms with Gasteiger partial charge in [0.15, 0.2) is 0 Å². The monoisotopic (exact) mass is 373 g/mol. The van der Waals surface area contributed by atoms with E-state index in [0.717, 1.165) is 23.0 Å². The Labute approximate surface area is 145 Å². The smallest absolute Gasteiger partial charge is 0.326 e. The third-order valence-electron chi connectivity index (χ3n) is 4.55. The highest BCUT2D eigenvalue weighted by Gasteiger charge is 2.46. The third kappa shape index (κ3) is 3.48. The van der Waals surface area contributed by atoms with Gasteiger partial charge in [0.1, 0.15) is 5.54 Å². The average molecular weight is 374 g/mol. The minimum absolute atomic E-state index is 0.182. The molecule has 0 bridgehead atoms. The zero-order chi connectivity index (χ0) is 16.3. The molecule has 0 amide bonds. The number of hydrogen-bond acceptors (Lipinski definition) is 3. The van der Waals surface area contributed by atoms with Gasteiger partial charge in [0, 0.05) is 17.4 Å². The van der Waals surface area contributed by atoms with Gasteiger partial charge in [-0.2, -0.15) is 0 Å². The molecule has 0 aliphatic carbocycles. The molecule has 3 rings (SSSR count). The van der Waals surface area contributed by atoms with E-state index < -0.39 is 5.54 Å². The largest absolute Gasteiger partial charge is 0.468 e. The van der Waals surface area contributed by atoms with Crippen molar-refractivity contribution in [2.45, 2.75) is 24.3 Å². The molecule has 120 valence electrons. The Morgan fingerprint density at radius 2 is 1.91 bits per heavy atom. The highest BCUT2D eigenvalue weighted by atomic mass is 79.9. The van der Waals surface area contributed by atoms with Crippen LogP contribution in [0, 0.1) is 0 Å². The quantitative estimate of drug-likeness (QED) is 0.830. The van der Waals surface area contributed by atoms with Crippen molar-refractivity contribution in [3.05, 3.63) is 70.2 Å². The van der Waals surface area contributed by atoms with Crippen LogP contribution in [0.4, 0.5) is 0 Å². The Kier molecular flexibility index (Phi) is 4.83. The Hall–Kier alpha value is -1.65. The van der Waals surface area contributed by atoms with Crippen molar-refractivity contribution in [1.29, 1.82) is 0 Å². The lowest BCUT2D eigenvalue weighted by atomic mass is 9.84. The van der Waals surface area contributed by atoms with Gasteiger partial charge in [0.2, 0.25) is 0 Å². The van der Waals surface area contributed by atoms with Crippen LogP contribution in [0.3, 0.4) is 0 Å². The second-order valence-electron chi connectivity index (χ2n) is 6.07. The average Bonchev–Trinajstić information content (AvgIpc) is 3.02. The molecule has 1 aliphatic rings. The van der Waals surface area contributed by atoms with Crippen LogP contribution in [-0.4, -0.2) is 25.2 Å². The number of methoxy groups -OCH3 is 1. The Bertz CT molecular complexity index is 672. The number of halogens is 1. The van der Waals surface area contributed by atoms with E-state index in [-0.39, 0.29) is 5.97 Å². The van der Waals surface area contributed by atoms with Crippen LogP contribution in [0.5, 0.6) is 0 Å². The van der Waals surface area contributed by atoms with E-state index >= 15 is 0 Å². The third-order valence-corrected chi connectivity index (χ3v) is 5.08. The van der Waals surface area contributed by atoms with Crippen LogP contribution in [0.1, 0.15) is 23.5 Å². The molecule has 1 unspecified atom stereocenters. The van der Waals surface area contributed by atoms with Crippen LogP contribution in [0.25, 0.3) is 0 Å². The van der Waals surface area contributed by atoms with E-state index in [1.165, 1.54) is 12.7 Å². The second-order valence-corrected chi connectivity index (χ2v) is 6.99. The van der Waals surface area contributed by atoms with Gasteiger partial charge < -0.3 is 10.1 Å². The van der Waals surface area contributed by atoms with Gasteiger partial charge in [-0.1, -0.05) is 58.4 Å². The molecule has 2 aromatic rings. The number of rotatable bonds is 4. The van der Waals surface area contributed by atoms with Crippen molar-refractivity contribution < 1.29 is 9.53 Å². The number of benzene rings is 2. The van der Waals surface area contributed by atoms with Gasteiger partial charge in [-0.3, -0.25) is 4.79 Å². The molecule has 2 aromatic carbocycles. The molecule has 1 N–H and O–H groups in total. The first-order valence-corrected chi connectivity index (χ1v) is 8.55. The number of nitrogens with one attached hydrogen (secondary N) is 1. The van der Waals surface area contributed by atoms with Crippen molar-refractivity contribution in [2.75, 3.05) is 13.7 Å². The summed E-state index contributed by atoms with van der Waals surface area (Å²) in [5.74, 6) is 0.143. The molecule has 3 nitrogen and oxygen atoms in total. The van der Waals surface area contributed by atoms with Crippen molar-refractivity contribution in [1.82, 2.24) is 5.32 Å². The van der Waals surface area contributed by atoms with E-state index in [1.807, 2.05) is 42.5 Å². The first-order chi connectivity index (χ1) is 11.1. The van der Waals surface area contributed by atoms with Gasteiger partial charge >= 0.3 is 5.97 Å². The predicted molar refractivity (Wildman–Crippen MR) is 94.4 cm³/mol. The molecule has 1 saturated heterocycles. The van der Waals surface area contributed by atoms with Crippen molar-refractivity contribution in [3.63, 3.8) is 0 Å². The molecule has 2 atom stereocenters. The van der Waals surface area contributed by atoms with Crippen LogP contribution < -0.4 is 5.32 Å². The van der Waals surface area contributed by atoms with E-state index in [2.05, 4.69) is 33.4 Å². The summed E-state index contributed by atoms with van der Waals surface area (Å²) in [5, 5.41) is 3.45. The molecule has 0 saturated carbocycles. The van der Waals surface area contributed by atoms with E-state index in [1.54, 1.807) is 0 Å². The summed E-state index contributed by atoms with van der Waals surface area (Å²) >= 11 is 3.45. The lowest BCUT2D eigenvalue weighted by molar-refractivity contribution is -0.148. The summed E-state index contributed by atoms with van der Waals surface area (Å²) in [6.07, 6.45) is 1.38. The Morgan fingerprint density at radius 3 is 2.57 bits per heavy atom. The second kappa shape index (κ2) is 6.85. The fourth-order valence-corrected chi connectivity index (χ4v) is 3.62. The topological polar surface area (TPSA) is 38.3 Å². The van der Waals surface area contributed by atoms with E-state index in [0.29, 0.717) is 12.3 Å². The number of esters is 1. The van der Waals surface area contributed by atoms with Crippen LogP contribution in [0.15, 0.2) is 59.1 Å². The van der Waals surface area contributed by atoms with E-state index in [4.69, 9.17) is 4.74 Å². The molecule has 23 heavy (non-hydrogen) atoms. The van der Waals surface area contributed by atoms with Crippen molar-refractivity contribution >= 4 is 21.9 Å². The number of ether oxygens (including phenoxy) is 1. The highest BCUT2D eigenvalue weighted by Crippen LogP contribution is 2.35. The number of carbonyl (C=O) groups is 1. The van der Waals surface area contributed by atoms with Crippen molar-refractivity contribution in [3.8, 4) is 0 Å². The minimum Gasteiger partial charge on any atom is -0.468 e. The molecule has 4 heteroatoms. The van der Waals surface area contributed by atoms with Crippen LogP contribution in [-0.2, 0) is 16.0 Å². The fraction of sp³-hybridized carbons (Fsp3) is 0.316. The van der Waals surface area contributed by atoms with Crippen LogP contribution in [0.2, 0.25) is 0 Å². The lowest BCUT2D eigenvalue weighted by Crippen LogP contribution is -2.50. The predicted octanol–water partition coefficient (Wildman–Crippen LogP) is 3.68. The van der Waals surface area contributed by atoms with Gasteiger partial charge in [0.05, 0.1) is 7.11 Å². The van der Waals surface area contributed by atoms with Crippen molar-refractivity contribution in [2.24, 2.45) is 0 Å². The molecule has 0 aromatic heterocycles. The summed E-state index contributed by atoms with van der Waals surface area (Å²) in [5.41, 5.74) is 1.74. The Balaban J connectivity index is 1.84.